The van der Waals surface area contributed by atoms with Crippen LogP contribution >= 0.6 is 0 Å². The van der Waals surface area contributed by atoms with E-state index in [1.807, 2.05) is 0 Å². The molecule has 1 heterocycles. The topological polar surface area (TPSA) is 82.5 Å². The second-order valence-electron chi connectivity index (χ2n) is 6.34. The molecule has 1 N–H and O–H groups in total. The van der Waals surface area contributed by atoms with Crippen LogP contribution in [0.3, 0.4) is 0 Å². The molecule has 2 aromatic rings. The molecule has 1 aromatic heterocycles. The Balaban J connectivity index is 2.28. The van der Waals surface area contributed by atoms with E-state index < -0.39 is 29.8 Å². The largest absolute Gasteiger partial charge is 0.465 e. The van der Waals surface area contributed by atoms with E-state index in [4.69, 9.17) is 4.74 Å². The highest BCUT2D eigenvalue weighted by atomic mass is 19.3. The number of nitrogens with one attached hydrogen (secondary N) is 1. The SMILES string of the molecule is COC(=O)c1ccc(-n2cc(NC(=O)OC(C)(C)C)c(C(F)F)n2)cc1. The Labute approximate surface area is 148 Å². The van der Waals surface area contributed by atoms with Crippen LogP contribution in [0.1, 0.15) is 43.2 Å². The summed E-state index contributed by atoms with van der Waals surface area (Å²) in [6.45, 7) is 4.98. The summed E-state index contributed by atoms with van der Waals surface area (Å²) >= 11 is 0. The first-order chi connectivity index (χ1) is 12.1. The minimum atomic E-state index is -2.89. The van der Waals surface area contributed by atoms with Gasteiger partial charge in [-0.05, 0) is 45.0 Å². The van der Waals surface area contributed by atoms with Gasteiger partial charge in [-0.3, -0.25) is 5.32 Å². The van der Waals surface area contributed by atoms with Crippen LogP contribution in [-0.2, 0) is 9.47 Å². The molecule has 26 heavy (non-hydrogen) atoms. The van der Waals surface area contributed by atoms with E-state index in [9.17, 15) is 18.4 Å². The lowest BCUT2D eigenvalue weighted by atomic mass is 10.2. The van der Waals surface area contributed by atoms with Crippen molar-refractivity contribution in [2.75, 3.05) is 12.4 Å². The molecule has 0 bridgehead atoms. The van der Waals surface area contributed by atoms with Crippen molar-refractivity contribution >= 4 is 17.7 Å². The third kappa shape index (κ3) is 4.78. The normalized spacial score (nSPS) is 11.3. The van der Waals surface area contributed by atoms with Crippen LogP contribution in [0, 0.1) is 0 Å². The Kier molecular flexibility index (Phi) is 5.59. The minimum absolute atomic E-state index is 0.161. The van der Waals surface area contributed by atoms with Gasteiger partial charge in [0.2, 0.25) is 0 Å². The van der Waals surface area contributed by atoms with E-state index in [0.29, 0.717) is 11.3 Å². The van der Waals surface area contributed by atoms with Crippen LogP contribution in [0.25, 0.3) is 5.69 Å². The van der Waals surface area contributed by atoms with Crippen molar-refractivity contribution in [2.24, 2.45) is 0 Å². The fourth-order valence-electron chi connectivity index (χ4n) is 2.06. The highest BCUT2D eigenvalue weighted by molar-refractivity contribution is 5.89. The van der Waals surface area contributed by atoms with Crippen LogP contribution in [-0.4, -0.2) is 34.6 Å². The summed E-state index contributed by atoms with van der Waals surface area (Å²) in [4.78, 5) is 23.3. The van der Waals surface area contributed by atoms with E-state index in [0.717, 1.165) is 0 Å². The lowest BCUT2D eigenvalue weighted by Gasteiger charge is -2.19. The number of esters is 1. The third-order valence-corrected chi connectivity index (χ3v) is 3.14. The van der Waals surface area contributed by atoms with E-state index in [-0.39, 0.29) is 5.69 Å². The Hall–Kier alpha value is -2.97. The molecule has 0 fully saturated rings. The molecule has 140 valence electrons. The van der Waals surface area contributed by atoms with Crippen LogP contribution in [0.2, 0.25) is 0 Å². The zero-order chi connectivity index (χ0) is 19.5. The van der Waals surface area contributed by atoms with Crippen LogP contribution < -0.4 is 5.32 Å². The first kappa shape index (κ1) is 19.4. The summed E-state index contributed by atoms with van der Waals surface area (Å²) in [7, 11) is 1.26. The van der Waals surface area contributed by atoms with Crippen molar-refractivity contribution in [3.63, 3.8) is 0 Å². The first-order valence-electron chi connectivity index (χ1n) is 7.67. The number of carbonyl (C=O) groups excluding carboxylic acids is 2. The number of hydrogen-bond acceptors (Lipinski definition) is 5. The molecule has 0 aliphatic rings. The summed E-state index contributed by atoms with van der Waals surface area (Å²) in [5, 5.41) is 6.08. The predicted molar refractivity (Wildman–Crippen MR) is 89.7 cm³/mol. The molecule has 0 saturated carbocycles. The standard InChI is InChI=1S/C17H19F2N3O4/c1-17(2,3)26-16(24)20-12-9-22(21-13(12)14(18)19)11-7-5-10(6-8-11)15(23)25-4/h5-9,14H,1-4H3,(H,20,24). The zero-order valence-corrected chi connectivity index (χ0v) is 14.7. The van der Waals surface area contributed by atoms with Crippen LogP contribution in [0.4, 0.5) is 19.3 Å². The zero-order valence-electron chi connectivity index (χ0n) is 14.7. The van der Waals surface area contributed by atoms with Crippen molar-refractivity contribution in [1.29, 1.82) is 0 Å². The lowest BCUT2D eigenvalue weighted by molar-refractivity contribution is 0.0598. The number of rotatable bonds is 4. The van der Waals surface area contributed by atoms with Gasteiger partial charge in [0.1, 0.15) is 5.60 Å². The van der Waals surface area contributed by atoms with Crippen molar-refractivity contribution in [1.82, 2.24) is 9.78 Å². The number of benzene rings is 1. The van der Waals surface area contributed by atoms with Crippen molar-refractivity contribution in [3.8, 4) is 5.69 Å². The monoisotopic (exact) mass is 367 g/mol. The summed E-state index contributed by atoms with van der Waals surface area (Å²) < 4.78 is 37.3. The molecule has 0 atom stereocenters. The van der Waals surface area contributed by atoms with Gasteiger partial charge >= 0.3 is 12.1 Å². The predicted octanol–water partition coefficient (Wildman–Crippen LogP) is 3.94. The van der Waals surface area contributed by atoms with Crippen LogP contribution in [0.15, 0.2) is 30.5 Å². The van der Waals surface area contributed by atoms with E-state index in [2.05, 4.69) is 15.2 Å². The Bertz CT molecular complexity index is 795. The number of anilines is 1. The first-order valence-corrected chi connectivity index (χ1v) is 7.67. The molecule has 0 saturated heterocycles. The minimum Gasteiger partial charge on any atom is -0.465 e. The van der Waals surface area contributed by atoms with Gasteiger partial charge in [-0.2, -0.15) is 5.10 Å². The number of ether oxygens (including phenoxy) is 2. The van der Waals surface area contributed by atoms with E-state index in [1.165, 1.54) is 42.3 Å². The number of alkyl halides is 2. The molecule has 7 nitrogen and oxygen atoms in total. The van der Waals surface area contributed by atoms with Crippen molar-refractivity contribution < 1.29 is 27.8 Å². The fraction of sp³-hybridized carbons (Fsp3) is 0.353. The molecule has 1 aromatic carbocycles. The van der Waals surface area contributed by atoms with Gasteiger partial charge in [0.05, 0.1) is 30.2 Å². The summed E-state index contributed by atoms with van der Waals surface area (Å²) in [5.74, 6) is -0.516. The fourth-order valence-corrected chi connectivity index (χ4v) is 2.06. The smallest absolute Gasteiger partial charge is 0.412 e. The average Bonchev–Trinajstić information content (AvgIpc) is 2.96. The van der Waals surface area contributed by atoms with E-state index >= 15 is 0 Å². The Morgan fingerprint density at radius 2 is 1.81 bits per heavy atom. The molecule has 0 unspecified atom stereocenters. The molecule has 0 aliphatic heterocycles. The summed E-state index contributed by atoms with van der Waals surface area (Å²) in [6.07, 6.45) is -2.51. The van der Waals surface area contributed by atoms with E-state index in [1.54, 1.807) is 20.8 Å². The molecule has 2 rings (SSSR count). The summed E-state index contributed by atoms with van der Waals surface area (Å²) in [5.41, 5.74) is -0.782. The lowest BCUT2D eigenvalue weighted by Crippen LogP contribution is -2.27. The summed E-state index contributed by atoms with van der Waals surface area (Å²) in [6, 6.07) is 6.00. The van der Waals surface area contributed by atoms with Gasteiger partial charge in [-0.15, -0.1) is 0 Å². The van der Waals surface area contributed by atoms with Gasteiger partial charge in [-0.25, -0.2) is 23.1 Å². The number of methoxy groups -OCH3 is 1. The van der Waals surface area contributed by atoms with Crippen molar-refractivity contribution in [3.05, 3.63) is 41.7 Å². The number of carbonyl (C=O) groups is 2. The third-order valence-electron chi connectivity index (χ3n) is 3.14. The molecular formula is C17H19F2N3O4. The van der Waals surface area contributed by atoms with Gasteiger partial charge in [0.25, 0.3) is 6.43 Å². The highest BCUT2D eigenvalue weighted by Crippen LogP contribution is 2.27. The Morgan fingerprint density at radius 1 is 1.19 bits per heavy atom. The van der Waals surface area contributed by atoms with Gasteiger partial charge < -0.3 is 9.47 Å². The maximum Gasteiger partial charge on any atom is 0.412 e. The number of amides is 1. The van der Waals surface area contributed by atoms with Gasteiger partial charge in [0.15, 0.2) is 5.69 Å². The highest BCUT2D eigenvalue weighted by Gasteiger charge is 2.23. The molecule has 0 radical (unpaired) electrons. The maximum atomic E-state index is 13.2. The number of nitrogens with zero attached hydrogens (tertiary/aromatic N) is 2. The molecular weight excluding hydrogens is 348 g/mol. The maximum absolute atomic E-state index is 13.2. The van der Waals surface area contributed by atoms with Gasteiger partial charge in [0, 0.05) is 0 Å². The van der Waals surface area contributed by atoms with Crippen LogP contribution in [0.5, 0.6) is 0 Å². The average molecular weight is 367 g/mol. The second kappa shape index (κ2) is 7.51. The molecule has 0 spiro atoms. The van der Waals surface area contributed by atoms with Crippen molar-refractivity contribution in [2.45, 2.75) is 32.8 Å². The number of halogens is 2. The molecule has 0 aliphatic carbocycles. The molecule has 9 heteroatoms. The quantitative estimate of drug-likeness (QED) is 0.828. The number of hydrogen-bond donors (Lipinski definition) is 1. The molecule has 1 amide bonds. The van der Waals surface area contributed by atoms with Gasteiger partial charge in [-0.1, -0.05) is 0 Å². The second-order valence-corrected chi connectivity index (χ2v) is 6.34. The Morgan fingerprint density at radius 3 is 2.31 bits per heavy atom. The number of aromatic nitrogens is 2.